The van der Waals surface area contributed by atoms with Crippen LogP contribution in [0, 0.1) is 5.92 Å². The third-order valence-electron chi connectivity index (χ3n) is 6.05. The molecule has 1 aliphatic rings. The van der Waals surface area contributed by atoms with Gasteiger partial charge in [-0.1, -0.05) is 62.4 Å². The molecule has 2 aromatic carbocycles. The zero-order valence-electron chi connectivity index (χ0n) is 19.1. The van der Waals surface area contributed by atoms with Gasteiger partial charge in [-0.2, -0.15) is 5.10 Å². The largest absolute Gasteiger partial charge is 0.352 e. The van der Waals surface area contributed by atoms with Crippen LogP contribution in [0.3, 0.4) is 0 Å². The van der Waals surface area contributed by atoms with Gasteiger partial charge in [-0.15, -0.1) is 0 Å². The highest BCUT2D eigenvalue weighted by atomic mass is 16.2. The smallest absolute Gasteiger partial charge is 0.225 e. The van der Waals surface area contributed by atoms with Crippen LogP contribution in [0.25, 0.3) is 16.7 Å². The third kappa shape index (κ3) is 4.31. The van der Waals surface area contributed by atoms with Crippen LogP contribution >= 0.6 is 0 Å². The summed E-state index contributed by atoms with van der Waals surface area (Å²) >= 11 is 0. The van der Waals surface area contributed by atoms with Gasteiger partial charge in [0.05, 0.1) is 17.3 Å². The van der Waals surface area contributed by atoms with Crippen molar-refractivity contribution in [2.75, 3.05) is 31.1 Å². The van der Waals surface area contributed by atoms with Crippen LogP contribution in [0.4, 0.5) is 5.82 Å². The minimum atomic E-state index is 0.0175. The van der Waals surface area contributed by atoms with Gasteiger partial charge >= 0.3 is 0 Å². The number of para-hydroxylation sites is 1. The molecule has 7 heteroatoms. The van der Waals surface area contributed by atoms with Gasteiger partial charge in [0.25, 0.3) is 0 Å². The average molecular weight is 441 g/mol. The van der Waals surface area contributed by atoms with Crippen molar-refractivity contribution >= 4 is 22.8 Å². The number of hydrogen-bond acceptors (Lipinski definition) is 5. The molecule has 3 heterocycles. The van der Waals surface area contributed by atoms with Gasteiger partial charge in [0.1, 0.15) is 11.6 Å². The van der Waals surface area contributed by atoms with Gasteiger partial charge in [-0.25, -0.2) is 14.6 Å². The highest BCUT2D eigenvalue weighted by molar-refractivity contribution is 5.88. The van der Waals surface area contributed by atoms with Crippen molar-refractivity contribution in [1.82, 2.24) is 24.6 Å². The first-order chi connectivity index (χ1) is 16.1. The number of carbonyl (C=O) groups excluding carboxylic acids is 1. The van der Waals surface area contributed by atoms with E-state index in [1.54, 1.807) is 0 Å². The summed E-state index contributed by atoms with van der Waals surface area (Å²) in [5, 5.41) is 5.59. The molecule has 0 aliphatic carbocycles. The summed E-state index contributed by atoms with van der Waals surface area (Å²) in [5.74, 6) is 1.89. The van der Waals surface area contributed by atoms with Gasteiger partial charge < -0.3 is 9.80 Å². The Morgan fingerprint density at radius 2 is 1.58 bits per heavy atom. The highest BCUT2D eigenvalue weighted by Crippen LogP contribution is 2.27. The maximum Gasteiger partial charge on any atom is 0.225 e. The molecule has 1 saturated heterocycles. The number of fused-ring (bicyclic) bond motifs is 1. The quantitative estimate of drug-likeness (QED) is 0.473. The summed E-state index contributed by atoms with van der Waals surface area (Å²) in [6, 6.07) is 20.3. The Morgan fingerprint density at radius 3 is 2.24 bits per heavy atom. The Hall–Kier alpha value is -3.74. The predicted octanol–water partition coefficient (Wildman–Crippen LogP) is 3.71. The van der Waals surface area contributed by atoms with E-state index >= 15 is 0 Å². The first-order valence-corrected chi connectivity index (χ1v) is 11.5. The number of carbonyl (C=O) groups is 1. The van der Waals surface area contributed by atoms with Crippen molar-refractivity contribution in [3.63, 3.8) is 0 Å². The summed E-state index contributed by atoms with van der Waals surface area (Å²) < 4.78 is 1.88. The monoisotopic (exact) mass is 440 g/mol. The van der Waals surface area contributed by atoms with Crippen molar-refractivity contribution < 1.29 is 4.79 Å². The lowest BCUT2D eigenvalue weighted by Crippen LogP contribution is -2.50. The fourth-order valence-electron chi connectivity index (χ4n) is 4.30. The molecule has 0 spiro atoms. The summed E-state index contributed by atoms with van der Waals surface area (Å²) in [6.07, 6.45) is 2.51. The summed E-state index contributed by atoms with van der Waals surface area (Å²) in [5.41, 5.74) is 2.94. The Morgan fingerprint density at radius 1 is 0.909 bits per heavy atom. The van der Waals surface area contributed by atoms with Crippen LogP contribution in [-0.2, 0) is 11.2 Å². The molecule has 0 unspecified atom stereocenters. The van der Waals surface area contributed by atoms with E-state index in [0.29, 0.717) is 19.5 Å². The standard InChI is InChI=1S/C26H28N6O/c1-19(2)26(33)31-15-13-30(14-16-31)24-22-18-27-32(21-11-7-4-8-12-21)25(22)29-23(28-24)17-20-9-5-3-6-10-20/h3-12,18-19H,13-17H2,1-2H3. The van der Waals surface area contributed by atoms with E-state index in [9.17, 15) is 4.79 Å². The summed E-state index contributed by atoms with van der Waals surface area (Å²) in [6.45, 7) is 6.79. The van der Waals surface area contributed by atoms with E-state index in [4.69, 9.17) is 9.97 Å². The van der Waals surface area contributed by atoms with Crippen molar-refractivity contribution in [3.05, 3.63) is 78.2 Å². The van der Waals surface area contributed by atoms with Gasteiger partial charge in [-0.3, -0.25) is 4.79 Å². The highest BCUT2D eigenvalue weighted by Gasteiger charge is 2.26. The second-order valence-electron chi connectivity index (χ2n) is 8.72. The van der Waals surface area contributed by atoms with Crippen LogP contribution in [-0.4, -0.2) is 56.7 Å². The predicted molar refractivity (Wildman–Crippen MR) is 130 cm³/mol. The van der Waals surface area contributed by atoms with Crippen LogP contribution in [0.2, 0.25) is 0 Å². The van der Waals surface area contributed by atoms with Crippen molar-refractivity contribution in [2.45, 2.75) is 20.3 Å². The number of benzene rings is 2. The average Bonchev–Trinajstić information content (AvgIpc) is 3.28. The second-order valence-corrected chi connectivity index (χ2v) is 8.72. The third-order valence-corrected chi connectivity index (χ3v) is 6.05. The van der Waals surface area contributed by atoms with Crippen LogP contribution in [0.1, 0.15) is 25.2 Å². The van der Waals surface area contributed by atoms with E-state index < -0.39 is 0 Å². The number of rotatable bonds is 5. The zero-order chi connectivity index (χ0) is 22.8. The fourth-order valence-corrected chi connectivity index (χ4v) is 4.30. The maximum absolute atomic E-state index is 12.4. The number of amides is 1. The molecule has 33 heavy (non-hydrogen) atoms. The lowest BCUT2D eigenvalue weighted by atomic mass is 10.1. The molecule has 0 radical (unpaired) electrons. The van der Waals surface area contributed by atoms with Crippen molar-refractivity contribution in [2.24, 2.45) is 5.92 Å². The maximum atomic E-state index is 12.4. The van der Waals surface area contributed by atoms with E-state index in [1.165, 1.54) is 5.56 Å². The number of aromatic nitrogens is 4. The van der Waals surface area contributed by atoms with Crippen molar-refractivity contribution in [3.8, 4) is 5.69 Å². The number of hydrogen-bond donors (Lipinski definition) is 0. The first-order valence-electron chi connectivity index (χ1n) is 11.5. The molecule has 7 nitrogen and oxygen atoms in total. The molecular weight excluding hydrogens is 412 g/mol. The minimum absolute atomic E-state index is 0.0175. The summed E-state index contributed by atoms with van der Waals surface area (Å²) in [4.78, 5) is 26.6. The topological polar surface area (TPSA) is 67.2 Å². The Kier molecular flexibility index (Phi) is 5.77. The van der Waals surface area contributed by atoms with Crippen LogP contribution < -0.4 is 4.90 Å². The number of piperazine rings is 1. The Balaban J connectivity index is 1.53. The lowest BCUT2D eigenvalue weighted by Gasteiger charge is -2.36. The second kappa shape index (κ2) is 9.02. The molecule has 1 aliphatic heterocycles. The van der Waals surface area contributed by atoms with Crippen LogP contribution in [0.5, 0.6) is 0 Å². The molecule has 5 rings (SSSR count). The molecule has 0 saturated carbocycles. The van der Waals surface area contributed by atoms with Crippen LogP contribution in [0.15, 0.2) is 66.9 Å². The van der Waals surface area contributed by atoms with Gasteiger partial charge in [0, 0.05) is 38.5 Å². The van der Waals surface area contributed by atoms with E-state index in [-0.39, 0.29) is 11.8 Å². The molecule has 0 bridgehead atoms. The molecule has 168 valence electrons. The van der Waals surface area contributed by atoms with E-state index in [2.05, 4.69) is 22.1 Å². The molecule has 1 fully saturated rings. The minimum Gasteiger partial charge on any atom is -0.352 e. The Labute approximate surface area is 193 Å². The summed E-state index contributed by atoms with van der Waals surface area (Å²) in [7, 11) is 0. The number of nitrogens with zero attached hydrogens (tertiary/aromatic N) is 6. The molecule has 4 aromatic rings. The SMILES string of the molecule is CC(C)C(=O)N1CCN(c2nc(Cc3ccccc3)nc3c2cnn3-c2ccccc2)CC1. The van der Waals surface area contributed by atoms with Gasteiger partial charge in [0.15, 0.2) is 5.65 Å². The lowest BCUT2D eigenvalue weighted by molar-refractivity contribution is -0.134. The van der Waals surface area contributed by atoms with E-state index in [1.807, 2.05) is 78.2 Å². The Bertz CT molecular complexity index is 1240. The number of anilines is 1. The molecule has 1 amide bonds. The molecule has 2 aromatic heterocycles. The van der Waals surface area contributed by atoms with Crippen molar-refractivity contribution in [1.29, 1.82) is 0 Å². The van der Waals surface area contributed by atoms with Gasteiger partial charge in [0.2, 0.25) is 5.91 Å². The normalized spacial score (nSPS) is 14.3. The fraction of sp³-hybridized carbons (Fsp3) is 0.308. The first kappa shape index (κ1) is 21.1. The van der Waals surface area contributed by atoms with Gasteiger partial charge in [-0.05, 0) is 17.7 Å². The molecule has 0 N–H and O–H groups in total. The molecular formula is C26H28N6O. The molecule has 0 atom stereocenters. The zero-order valence-corrected chi connectivity index (χ0v) is 19.1. The van der Waals surface area contributed by atoms with E-state index in [0.717, 1.165) is 41.5 Å².